The summed E-state index contributed by atoms with van der Waals surface area (Å²) < 4.78 is 9.97. The average molecular weight is 230 g/mol. The van der Waals surface area contributed by atoms with Crippen LogP contribution >= 0.6 is 0 Å². The number of carbonyl (C=O) groups excluding carboxylic acids is 1. The van der Waals surface area contributed by atoms with E-state index >= 15 is 0 Å². The molecule has 0 aliphatic heterocycles. The topological polar surface area (TPSA) is 50.8 Å². The Bertz CT molecular complexity index is 190. The molecule has 0 radical (unpaired) electrons. The van der Waals surface area contributed by atoms with Gasteiger partial charge in [-0.1, -0.05) is 6.08 Å². The van der Waals surface area contributed by atoms with Crippen molar-refractivity contribution in [3.63, 3.8) is 0 Å². The molecule has 0 spiro atoms. The van der Waals surface area contributed by atoms with Crippen LogP contribution in [0.1, 0.15) is 0 Å². The van der Waals surface area contributed by atoms with Gasteiger partial charge in [0.25, 0.3) is 0 Å². The molecule has 1 amide bonds. The molecular weight excluding hydrogens is 208 g/mol. The van der Waals surface area contributed by atoms with Gasteiger partial charge < -0.3 is 14.8 Å². The van der Waals surface area contributed by atoms with Gasteiger partial charge in [0.15, 0.2) is 0 Å². The van der Waals surface area contributed by atoms with Crippen molar-refractivity contribution in [3.05, 3.63) is 12.7 Å². The first-order chi connectivity index (χ1) is 7.74. The lowest BCUT2D eigenvalue weighted by atomic mass is 10.4. The van der Waals surface area contributed by atoms with E-state index in [1.165, 1.54) is 0 Å². The summed E-state index contributed by atoms with van der Waals surface area (Å²) in [5.74, 6) is -0.00731. The number of ether oxygens (including phenoxy) is 2. The number of nitrogens with zero attached hydrogens (tertiary/aromatic N) is 1. The fourth-order valence-corrected chi connectivity index (χ4v) is 1.16. The highest BCUT2D eigenvalue weighted by Crippen LogP contribution is 1.89. The van der Waals surface area contributed by atoms with Gasteiger partial charge in [-0.2, -0.15) is 0 Å². The first-order valence-electron chi connectivity index (χ1n) is 5.32. The van der Waals surface area contributed by atoms with Crippen LogP contribution in [0.25, 0.3) is 0 Å². The van der Waals surface area contributed by atoms with Crippen molar-refractivity contribution in [1.82, 2.24) is 10.2 Å². The van der Waals surface area contributed by atoms with E-state index < -0.39 is 0 Å². The molecule has 94 valence electrons. The molecule has 16 heavy (non-hydrogen) atoms. The van der Waals surface area contributed by atoms with Crippen LogP contribution in [0.3, 0.4) is 0 Å². The summed E-state index contributed by atoms with van der Waals surface area (Å²) >= 11 is 0. The summed E-state index contributed by atoms with van der Waals surface area (Å²) in [5, 5.41) is 2.74. The van der Waals surface area contributed by atoms with E-state index in [0.717, 1.165) is 13.1 Å². The van der Waals surface area contributed by atoms with Crippen molar-refractivity contribution < 1.29 is 14.3 Å². The minimum Gasteiger partial charge on any atom is -0.383 e. The van der Waals surface area contributed by atoms with E-state index in [1.54, 1.807) is 20.3 Å². The van der Waals surface area contributed by atoms with Gasteiger partial charge in [0.2, 0.25) is 5.91 Å². The first kappa shape index (κ1) is 15.1. The zero-order valence-electron chi connectivity index (χ0n) is 10.2. The summed E-state index contributed by atoms with van der Waals surface area (Å²) in [6.07, 6.45) is 1.66. The Morgan fingerprint density at radius 3 is 2.31 bits per heavy atom. The van der Waals surface area contributed by atoms with Gasteiger partial charge in [0.05, 0.1) is 19.8 Å². The SMILES string of the molecule is C=CCNC(=O)CN(CCOC)CCOC. The second kappa shape index (κ2) is 10.6. The molecule has 0 aromatic rings. The molecule has 0 aromatic carbocycles. The van der Waals surface area contributed by atoms with Crippen molar-refractivity contribution in [2.45, 2.75) is 0 Å². The summed E-state index contributed by atoms with van der Waals surface area (Å²) in [6.45, 7) is 7.07. The van der Waals surface area contributed by atoms with Crippen LogP contribution in [0, 0.1) is 0 Å². The third-order valence-corrected chi connectivity index (χ3v) is 2.03. The van der Waals surface area contributed by atoms with Crippen LogP contribution < -0.4 is 5.32 Å². The van der Waals surface area contributed by atoms with Crippen LogP contribution in [-0.2, 0) is 14.3 Å². The number of methoxy groups -OCH3 is 2. The molecule has 0 aromatic heterocycles. The normalized spacial score (nSPS) is 10.4. The predicted octanol–water partition coefficient (Wildman–Crippen LogP) is -0.117. The molecule has 1 N–H and O–H groups in total. The fraction of sp³-hybridized carbons (Fsp3) is 0.727. The zero-order valence-corrected chi connectivity index (χ0v) is 10.2. The molecule has 0 saturated heterocycles. The van der Waals surface area contributed by atoms with Gasteiger partial charge in [0.1, 0.15) is 0 Å². The lowest BCUT2D eigenvalue weighted by Gasteiger charge is -2.20. The number of carbonyl (C=O) groups is 1. The smallest absolute Gasteiger partial charge is 0.234 e. The molecule has 0 atom stereocenters. The number of nitrogens with one attached hydrogen (secondary N) is 1. The monoisotopic (exact) mass is 230 g/mol. The van der Waals surface area contributed by atoms with Crippen molar-refractivity contribution in [1.29, 1.82) is 0 Å². The number of hydrogen-bond acceptors (Lipinski definition) is 4. The molecule has 0 saturated carbocycles. The van der Waals surface area contributed by atoms with Gasteiger partial charge in [-0.15, -0.1) is 6.58 Å². The minimum absolute atomic E-state index is 0.00731. The number of rotatable bonds is 10. The summed E-state index contributed by atoms with van der Waals surface area (Å²) in [6, 6.07) is 0. The van der Waals surface area contributed by atoms with E-state index in [9.17, 15) is 4.79 Å². The molecule has 0 aliphatic carbocycles. The van der Waals surface area contributed by atoms with E-state index in [1.807, 2.05) is 4.90 Å². The van der Waals surface area contributed by atoms with Crippen molar-refractivity contribution in [2.75, 3.05) is 53.6 Å². The molecule has 0 fully saturated rings. The molecule has 0 rings (SSSR count). The molecule has 0 bridgehead atoms. The second-order valence-electron chi connectivity index (χ2n) is 3.35. The lowest BCUT2D eigenvalue weighted by molar-refractivity contribution is -0.122. The quantitative estimate of drug-likeness (QED) is 0.532. The van der Waals surface area contributed by atoms with Crippen LogP contribution in [0.4, 0.5) is 0 Å². The number of amides is 1. The van der Waals surface area contributed by atoms with Crippen molar-refractivity contribution in [3.8, 4) is 0 Å². The third kappa shape index (κ3) is 8.40. The highest BCUT2D eigenvalue weighted by molar-refractivity contribution is 5.78. The largest absolute Gasteiger partial charge is 0.383 e. The maximum atomic E-state index is 11.5. The molecule has 0 unspecified atom stereocenters. The van der Waals surface area contributed by atoms with Gasteiger partial charge in [-0.25, -0.2) is 0 Å². The van der Waals surface area contributed by atoms with Crippen LogP contribution in [0.5, 0.6) is 0 Å². The Morgan fingerprint density at radius 1 is 1.31 bits per heavy atom. The average Bonchev–Trinajstić information content (AvgIpc) is 2.30. The first-order valence-corrected chi connectivity index (χ1v) is 5.32. The van der Waals surface area contributed by atoms with Crippen molar-refractivity contribution >= 4 is 5.91 Å². The minimum atomic E-state index is -0.00731. The Labute approximate surface area is 97.4 Å². The molecule has 5 heteroatoms. The third-order valence-electron chi connectivity index (χ3n) is 2.03. The molecule has 0 aliphatic rings. The standard InChI is InChI=1S/C11H22N2O3/c1-4-5-12-11(14)10-13(6-8-15-2)7-9-16-3/h4H,1,5-10H2,2-3H3,(H,12,14). The summed E-state index contributed by atoms with van der Waals surface area (Å²) in [4.78, 5) is 13.4. The van der Waals surface area contributed by atoms with Crippen molar-refractivity contribution in [2.24, 2.45) is 0 Å². The summed E-state index contributed by atoms with van der Waals surface area (Å²) in [5.41, 5.74) is 0. The van der Waals surface area contributed by atoms with Gasteiger partial charge >= 0.3 is 0 Å². The molecule has 5 nitrogen and oxygen atoms in total. The predicted molar refractivity (Wildman–Crippen MR) is 63.4 cm³/mol. The van der Waals surface area contributed by atoms with E-state index in [4.69, 9.17) is 9.47 Å². The number of hydrogen-bond donors (Lipinski definition) is 1. The second-order valence-corrected chi connectivity index (χ2v) is 3.35. The Balaban J connectivity index is 3.87. The summed E-state index contributed by atoms with van der Waals surface area (Å²) in [7, 11) is 3.29. The van der Waals surface area contributed by atoms with Crippen LogP contribution in [-0.4, -0.2) is 64.4 Å². The lowest BCUT2D eigenvalue weighted by Crippen LogP contribution is -2.40. The molecule has 0 heterocycles. The van der Waals surface area contributed by atoms with Gasteiger partial charge in [-0.05, 0) is 0 Å². The fourth-order valence-electron chi connectivity index (χ4n) is 1.16. The maximum absolute atomic E-state index is 11.5. The van der Waals surface area contributed by atoms with Crippen LogP contribution in [0.2, 0.25) is 0 Å². The van der Waals surface area contributed by atoms with E-state index in [2.05, 4.69) is 11.9 Å². The van der Waals surface area contributed by atoms with Gasteiger partial charge in [0, 0.05) is 33.9 Å². The highest BCUT2D eigenvalue weighted by atomic mass is 16.5. The van der Waals surface area contributed by atoms with Crippen LogP contribution in [0.15, 0.2) is 12.7 Å². The Kier molecular flexibility index (Phi) is 10.00. The Morgan fingerprint density at radius 2 is 1.88 bits per heavy atom. The maximum Gasteiger partial charge on any atom is 0.234 e. The van der Waals surface area contributed by atoms with E-state index in [0.29, 0.717) is 26.3 Å². The molecular formula is C11H22N2O3. The van der Waals surface area contributed by atoms with Gasteiger partial charge in [-0.3, -0.25) is 9.69 Å². The highest BCUT2D eigenvalue weighted by Gasteiger charge is 2.09. The zero-order chi connectivity index (χ0) is 12.2. The van der Waals surface area contributed by atoms with E-state index in [-0.39, 0.29) is 5.91 Å². The Hall–Kier alpha value is -0.910.